The molecule has 1 saturated carbocycles. The third kappa shape index (κ3) is 7.11. The van der Waals surface area contributed by atoms with Gasteiger partial charge in [0, 0.05) is 18.0 Å². The van der Waals surface area contributed by atoms with E-state index in [4.69, 9.17) is 4.74 Å². The molecule has 1 aliphatic rings. The fourth-order valence-electron chi connectivity index (χ4n) is 3.41. The standard InChI is InChI=1S/C23H33FN2O4/c1-16(25-22(29)23(2,3)4)21(28)30-15-20(27)26(19-8-6-5-7-9-19)14-17-10-12-18(24)13-11-17/h10-13,16,19H,5-9,14-15H2,1-4H3,(H,25,29). The number of benzene rings is 1. The van der Waals surface area contributed by atoms with Crippen LogP contribution in [0.1, 0.15) is 65.4 Å². The molecule has 30 heavy (non-hydrogen) atoms. The van der Waals surface area contributed by atoms with E-state index in [1.54, 1.807) is 37.8 Å². The van der Waals surface area contributed by atoms with Crippen molar-refractivity contribution in [1.29, 1.82) is 0 Å². The first kappa shape index (κ1) is 23.8. The van der Waals surface area contributed by atoms with Gasteiger partial charge in [0.1, 0.15) is 11.9 Å². The Hall–Kier alpha value is -2.44. The molecule has 7 heteroatoms. The monoisotopic (exact) mass is 420 g/mol. The number of carbonyl (C=O) groups is 3. The molecular weight excluding hydrogens is 387 g/mol. The summed E-state index contributed by atoms with van der Waals surface area (Å²) in [6.07, 6.45) is 5.05. The summed E-state index contributed by atoms with van der Waals surface area (Å²) in [5, 5.41) is 2.61. The number of esters is 1. The Morgan fingerprint density at radius 1 is 1.13 bits per heavy atom. The average Bonchev–Trinajstić information content (AvgIpc) is 2.71. The molecule has 0 aromatic heterocycles. The molecule has 1 unspecified atom stereocenters. The Morgan fingerprint density at radius 2 is 1.73 bits per heavy atom. The summed E-state index contributed by atoms with van der Waals surface area (Å²) >= 11 is 0. The molecule has 1 aromatic rings. The first-order valence-corrected chi connectivity index (χ1v) is 10.6. The summed E-state index contributed by atoms with van der Waals surface area (Å²) in [5.74, 6) is -1.52. The Balaban J connectivity index is 1.98. The number of carbonyl (C=O) groups excluding carboxylic acids is 3. The maximum absolute atomic E-state index is 13.2. The van der Waals surface area contributed by atoms with Crippen molar-refractivity contribution in [1.82, 2.24) is 10.2 Å². The molecule has 1 N–H and O–H groups in total. The first-order valence-electron chi connectivity index (χ1n) is 10.6. The highest BCUT2D eigenvalue weighted by atomic mass is 19.1. The molecule has 0 bridgehead atoms. The molecule has 0 heterocycles. The Labute approximate surface area is 178 Å². The Bertz CT molecular complexity index is 737. The van der Waals surface area contributed by atoms with E-state index in [1.165, 1.54) is 19.1 Å². The lowest BCUT2D eigenvalue weighted by Gasteiger charge is -2.34. The average molecular weight is 421 g/mol. The van der Waals surface area contributed by atoms with Crippen LogP contribution in [0.2, 0.25) is 0 Å². The Kier molecular flexibility index (Phi) is 8.38. The number of hydrogen-bond acceptors (Lipinski definition) is 4. The minimum Gasteiger partial charge on any atom is -0.454 e. The van der Waals surface area contributed by atoms with Crippen LogP contribution in [0.4, 0.5) is 4.39 Å². The smallest absolute Gasteiger partial charge is 0.328 e. The van der Waals surface area contributed by atoms with Gasteiger partial charge in [0.15, 0.2) is 6.61 Å². The van der Waals surface area contributed by atoms with Gasteiger partial charge in [0.25, 0.3) is 5.91 Å². The second-order valence-electron chi connectivity index (χ2n) is 8.99. The fraction of sp³-hybridized carbons (Fsp3) is 0.609. The molecular formula is C23H33FN2O4. The van der Waals surface area contributed by atoms with Crippen molar-refractivity contribution in [3.8, 4) is 0 Å². The SMILES string of the molecule is CC(NC(=O)C(C)(C)C)C(=O)OCC(=O)N(Cc1ccc(F)cc1)C1CCCCC1. The van der Waals surface area contributed by atoms with Crippen LogP contribution >= 0.6 is 0 Å². The van der Waals surface area contributed by atoms with Crippen molar-refractivity contribution in [3.63, 3.8) is 0 Å². The first-order chi connectivity index (χ1) is 14.1. The molecule has 1 fully saturated rings. The van der Waals surface area contributed by atoms with Gasteiger partial charge in [0.05, 0.1) is 0 Å². The minimum absolute atomic E-state index is 0.0769. The zero-order valence-electron chi connectivity index (χ0n) is 18.4. The van der Waals surface area contributed by atoms with Crippen molar-refractivity contribution >= 4 is 17.8 Å². The van der Waals surface area contributed by atoms with Crippen LogP contribution in [0.3, 0.4) is 0 Å². The highest BCUT2D eigenvalue weighted by molar-refractivity contribution is 5.88. The van der Waals surface area contributed by atoms with Gasteiger partial charge in [-0.3, -0.25) is 9.59 Å². The van der Waals surface area contributed by atoms with E-state index in [0.717, 1.165) is 37.7 Å². The molecule has 1 aliphatic carbocycles. The molecule has 0 aliphatic heterocycles. The second-order valence-corrected chi connectivity index (χ2v) is 8.99. The lowest BCUT2D eigenvalue weighted by Crippen LogP contribution is -2.46. The van der Waals surface area contributed by atoms with Crippen LogP contribution in [0.15, 0.2) is 24.3 Å². The summed E-state index contributed by atoms with van der Waals surface area (Å²) in [5.41, 5.74) is 0.199. The fourth-order valence-corrected chi connectivity index (χ4v) is 3.41. The number of ether oxygens (including phenoxy) is 1. The van der Waals surface area contributed by atoms with Crippen molar-refractivity contribution in [2.75, 3.05) is 6.61 Å². The maximum atomic E-state index is 13.2. The molecule has 0 spiro atoms. The Morgan fingerprint density at radius 3 is 2.30 bits per heavy atom. The van der Waals surface area contributed by atoms with Crippen LogP contribution in [0.5, 0.6) is 0 Å². The van der Waals surface area contributed by atoms with Crippen LogP contribution < -0.4 is 5.32 Å². The number of hydrogen-bond donors (Lipinski definition) is 1. The van der Waals surface area contributed by atoms with Gasteiger partial charge in [-0.2, -0.15) is 0 Å². The summed E-state index contributed by atoms with van der Waals surface area (Å²) in [6.45, 7) is 6.75. The zero-order valence-corrected chi connectivity index (χ0v) is 18.4. The van der Waals surface area contributed by atoms with E-state index in [1.807, 2.05) is 0 Å². The van der Waals surface area contributed by atoms with Crippen LogP contribution in [-0.2, 0) is 25.7 Å². The zero-order chi connectivity index (χ0) is 22.3. The molecule has 2 amide bonds. The van der Waals surface area contributed by atoms with E-state index in [-0.39, 0.29) is 30.3 Å². The van der Waals surface area contributed by atoms with Crippen molar-refractivity contribution < 1.29 is 23.5 Å². The van der Waals surface area contributed by atoms with Gasteiger partial charge in [-0.15, -0.1) is 0 Å². The lowest BCUT2D eigenvalue weighted by molar-refractivity contribution is -0.156. The van der Waals surface area contributed by atoms with Gasteiger partial charge < -0.3 is 15.0 Å². The predicted molar refractivity (Wildman–Crippen MR) is 112 cm³/mol. The van der Waals surface area contributed by atoms with E-state index >= 15 is 0 Å². The third-order valence-corrected chi connectivity index (χ3v) is 5.32. The largest absolute Gasteiger partial charge is 0.454 e. The molecule has 1 aromatic carbocycles. The summed E-state index contributed by atoms with van der Waals surface area (Å²) in [7, 11) is 0. The normalized spacial score (nSPS) is 15.9. The number of nitrogens with zero attached hydrogens (tertiary/aromatic N) is 1. The summed E-state index contributed by atoms with van der Waals surface area (Å²) < 4.78 is 18.4. The molecule has 0 saturated heterocycles. The molecule has 166 valence electrons. The van der Waals surface area contributed by atoms with Gasteiger partial charge >= 0.3 is 5.97 Å². The van der Waals surface area contributed by atoms with Gasteiger partial charge in [0.2, 0.25) is 5.91 Å². The summed E-state index contributed by atoms with van der Waals surface area (Å²) in [4.78, 5) is 38.9. The molecule has 6 nitrogen and oxygen atoms in total. The molecule has 1 atom stereocenters. The minimum atomic E-state index is -0.843. The topological polar surface area (TPSA) is 75.7 Å². The maximum Gasteiger partial charge on any atom is 0.328 e. The van der Waals surface area contributed by atoms with Gasteiger partial charge in [-0.1, -0.05) is 52.2 Å². The third-order valence-electron chi connectivity index (χ3n) is 5.32. The quantitative estimate of drug-likeness (QED) is 0.684. The number of amides is 2. The summed E-state index contributed by atoms with van der Waals surface area (Å²) in [6, 6.07) is 5.30. The van der Waals surface area contributed by atoms with E-state index < -0.39 is 17.4 Å². The van der Waals surface area contributed by atoms with E-state index in [9.17, 15) is 18.8 Å². The molecule has 0 radical (unpaired) electrons. The molecule has 2 rings (SSSR count). The number of rotatable bonds is 7. The van der Waals surface area contributed by atoms with Crippen molar-refractivity contribution in [2.45, 2.75) is 78.4 Å². The van der Waals surface area contributed by atoms with Crippen LogP contribution in [0.25, 0.3) is 0 Å². The van der Waals surface area contributed by atoms with Crippen molar-refractivity contribution in [3.05, 3.63) is 35.6 Å². The van der Waals surface area contributed by atoms with Gasteiger partial charge in [-0.25, -0.2) is 9.18 Å². The predicted octanol–water partition coefficient (Wildman–Crippen LogP) is 3.58. The highest BCUT2D eigenvalue weighted by Crippen LogP contribution is 2.24. The van der Waals surface area contributed by atoms with Crippen LogP contribution in [-0.4, -0.2) is 41.4 Å². The lowest BCUT2D eigenvalue weighted by atomic mass is 9.93. The van der Waals surface area contributed by atoms with E-state index in [2.05, 4.69) is 5.32 Å². The van der Waals surface area contributed by atoms with E-state index in [0.29, 0.717) is 6.54 Å². The van der Waals surface area contributed by atoms with Gasteiger partial charge in [-0.05, 0) is 37.5 Å². The number of halogens is 1. The van der Waals surface area contributed by atoms with Crippen molar-refractivity contribution in [2.24, 2.45) is 5.41 Å². The van der Waals surface area contributed by atoms with Crippen LogP contribution in [0, 0.1) is 11.2 Å². The number of nitrogens with one attached hydrogen (secondary N) is 1. The second kappa shape index (κ2) is 10.5. The highest BCUT2D eigenvalue weighted by Gasteiger charge is 2.29.